The molecule has 0 saturated heterocycles. The molecule has 0 fully saturated rings. The van der Waals surface area contributed by atoms with E-state index in [1.54, 1.807) is 24.3 Å². The molecule has 0 spiro atoms. The zero-order valence-electron chi connectivity index (χ0n) is 14.4. The van der Waals surface area contributed by atoms with Gasteiger partial charge in [0.1, 0.15) is 5.75 Å². The van der Waals surface area contributed by atoms with Crippen LogP contribution in [0.25, 0.3) is 10.8 Å². The number of ether oxygens (including phenoxy) is 1. The predicted octanol–water partition coefficient (Wildman–Crippen LogP) is 4.41. The Kier molecular flexibility index (Phi) is 5.81. The number of nitrogens with one attached hydrogen (secondary N) is 1. The van der Waals surface area contributed by atoms with Crippen molar-refractivity contribution in [2.24, 2.45) is 0 Å². The van der Waals surface area contributed by atoms with Gasteiger partial charge in [-0.25, -0.2) is 13.1 Å². The van der Waals surface area contributed by atoms with Crippen molar-refractivity contribution in [3.05, 3.63) is 71.2 Å². The summed E-state index contributed by atoms with van der Waals surface area (Å²) < 4.78 is 33.5. The van der Waals surface area contributed by atoms with Crippen molar-refractivity contribution in [2.75, 3.05) is 13.2 Å². The highest BCUT2D eigenvalue weighted by Gasteiger charge is 2.18. The molecule has 6 heteroatoms. The van der Waals surface area contributed by atoms with Crippen LogP contribution in [0.5, 0.6) is 5.75 Å². The molecule has 0 saturated carbocycles. The minimum Gasteiger partial charge on any atom is -0.494 e. The van der Waals surface area contributed by atoms with E-state index in [0.717, 1.165) is 16.7 Å². The maximum absolute atomic E-state index is 12.7. The molecular weight excluding hydrogens is 370 g/mol. The Hall–Kier alpha value is -2.08. The van der Waals surface area contributed by atoms with E-state index in [2.05, 4.69) is 4.72 Å². The third kappa shape index (κ3) is 4.18. The van der Waals surface area contributed by atoms with Crippen molar-refractivity contribution < 1.29 is 13.2 Å². The van der Waals surface area contributed by atoms with Gasteiger partial charge in [-0.15, -0.1) is 0 Å². The Bertz CT molecular complexity index is 996. The van der Waals surface area contributed by atoms with Crippen LogP contribution in [0.2, 0.25) is 5.02 Å². The van der Waals surface area contributed by atoms with Gasteiger partial charge in [-0.05, 0) is 48.6 Å². The van der Waals surface area contributed by atoms with Crippen molar-refractivity contribution in [3.63, 3.8) is 0 Å². The normalized spacial score (nSPS) is 11.6. The zero-order chi connectivity index (χ0) is 18.6. The van der Waals surface area contributed by atoms with Crippen LogP contribution in [0.3, 0.4) is 0 Å². The number of halogens is 1. The van der Waals surface area contributed by atoms with Gasteiger partial charge in [0.05, 0.1) is 11.5 Å². The average molecular weight is 390 g/mol. The molecule has 136 valence electrons. The van der Waals surface area contributed by atoms with Gasteiger partial charge in [0.15, 0.2) is 0 Å². The van der Waals surface area contributed by atoms with Crippen molar-refractivity contribution in [1.82, 2.24) is 4.72 Å². The Labute approximate surface area is 158 Å². The Balaban J connectivity index is 1.74. The van der Waals surface area contributed by atoms with Gasteiger partial charge < -0.3 is 4.74 Å². The number of hydrogen-bond donors (Lipinski definition) is 1. The molecule has 0 aliphatic heterocycles. The van der Waals surface area contributed by atoms with Crippen LogP contribution in [0.15, 0.2) is 65.6 Å². The second-order valence-electron chi connectivity index (χ2n) is 5.82. The topological polar surface area (TPSA) is 55.4 Å². The lowest BCUT2D eigenvalue weighted by atomic mass is 10.1. The first-order valence-corrected chi connectivity index (χ1v) is 10.3. The van der Waals surface area contributed by atoms with E-state index in [1.165, 1.54) is 0 Å². The summed E-state index contributed by atoms with van der Waals surface area (Å²) in [5.74, 6) is 0.808. The molecule has 3 aromatic carbocycles. The smallest absolute Gasteiger partial charge is 0.241 e. The maximum atomic E-state index is 12.7. The van der Waals surface area contributed by atoms with Crippen molar-refractivity contribution in [1.29, 1.82) is 0 Å². The van der Waals surface area contributed by atoms with E-state index in [0.29, 0.717) is 30.0 Å². The Morgan fingerprint density at radius 2 is 1.69 bits per heavy atom. The van der Waals surface area contributed by atoms with Crippen LogP contribution in [-0.2, 0) is 16.4 Å². The second-order valence-corrected chi connectivity index (χ2v) is 7.96. The van der Waals surface area contributed by atoms with Gasteiger partial charge in [-0.3, -0.25) is 0 Å². The third-order valence-corrected chi connectivity index (χ3v) is 5.86. The molecule has 3 aromatic rings. The molecule has 0 unspecified atom stereocenters. The number of hydrogen-bond acceptors (Lipinski definition) is 3. The lowest BCUT2D eigenvalue weighted by Crippen LogP contribution is -2.26. The maximum Gasteiger partial charge on any atom is 0.241 e. The van der Waals surface area contributed by atoms with Crippen LogP contribution in [0.1, 0.15) is 12.5 Å². The standard InChI is InChI=1S/C20H20ClNO3S/c1-2-25-17-11-9-15(10-12-17)13-14-22-26(23,24)19-8-4-6-16-5-3-7-18(21)20(16)19/h3-12,22H,2,13-14H2,1H3. The largest absolute Gasteiger partial charge is 0.494 e. The third-order valence-electron chi connectivity index (χ3n) is 4.05. The summed E-state index contributed by atoms with van der Waals surface area (Å²) in [6.45, 7) is 2.85. The SMILES string of the molecule is CCOc1ccc(CCNS(=O)(=O)c2cccc3cccc(Cl)c23)cc1. The second kappa shape index (κ2) is 8.08. The monoisotopic (exact) mass is 389 g/mol. The van der Waals surface area contributed by atoms with Crippen molar-refractivity contribution in [3.8, 4) is 5.75 Å². The van der Waals surface area contributed by atoms with Gasteiger partial charge in [0, 0.05) is 17.0 Å². The first-order chi connectivity index (χ1) is 12.5. The Morgan fingerprint density at radius 1 is 1.00 bits per heavy atom. The molecule has 1 N–H and O–H groups in total. The molecule has 0 aliphatic rings. The quantitative estimate of drug-likeness (QED) is 0.651. The molecule has 0 heterocycles. The molecule has 4 nitrogen and oxygen atoms in total. The van der Waals surface area contributed by atoms with Gasteiger partial charge in [-0.1, -0.05) is 48.0 Å². The summed E-state index contributed by atoms with van der Waals surface area (Å²) in [4.78, 5) is 0.201. The lowest BCUT2D eigenvalue weighted by Gasteiger charge is -2.11. The molecule has 0 aliphatic carbocycles. The van der Waals surface area contributed by atoms with E-state index in [1.807, 2.05) is 43.3 Å². The van der Waals surface area contributed by atoms with Crippen LogP contribution >= 0.6 is 11.6 Å². The molecule has 3 rings (SSSR count). The highest BCUT2D eigenvalue weighted by molar-refractivity contribution is 7.89. The Morgan fingerprint density at radius 3 is 2.38 bits per heavy atom. The van der Waals surface area contributed by atoms with Gasteiger partial charge in [-0.2, -0.15) is 0 Å². The molecule has 0 atom stereocenters. The highest BCUT2D eigenvalue weighted by Crippen LogP contribution is 2.29. The van der Waals surface area contributed by atoms with E-state index < -0.39 is 10.0 Å². The number of fused-ring (bicyclic) bond motifs is 1. The zero-order valence-corrected chi connectivity index (χ0v) is 16.0. The number of benzene rings is 3. The molecule has 0 amide bonds. The molecular formula is C20H20ClNO3S. The summed E-state index contributed by atoms with van der Waals surface area (Å²) in [6, 6.07) is 18.1. The first-order valence-electron chi connectivity index (χ1n) is 8.40. The van der Waals surface area contributed by atoms with Crippen LogP contribution in [-0.4, -0.2) is 21.6 Å². The minimum absolute atomic E-state index is 0.201. The van der Waals surface area contributed by atoms with Crippen LogP contribution in [0, 0.1) is 0 Å². The fourth-order valence-corrected chi connectivity index (χ4v) is 4.43. The molecule has 0 aromatic heterocycles. The first kappa shape index (κ1) is 18.7. The summed E-state index contributed by atoms with van der Waals surface area (Å²) in [7, 11) is -3.66. The summed E-state index contributed by atoms with van der Waals surface area (Å²) in [5.41, 5.74) is 1.03. The van der Waals surface area contributed by atoms with E-state index >= 15 is 0 Å². The van der Waals surface area contributed by atoms with Crippen LogP contribution < -0.4 is 9.46 Å². The fourth-order valence-electron chi connectivity index (χ4n) is 2.81. The fraction of sp³-hybridized carbons (Fsp3) is 0.200. The van der Waals surface area contributed by atoms with Crippen molar-refractivity contribution >= 4 is 32.4 Å². The van der Waals surface area contributed by atoms with Gasteiger partial charge >= 0.3 is 0 Å². The lowest BCUT2D eigenvalue weighted by molar-refractivity contribution is 0.340. The molecule has 0 radical (unpaired) electrons. The number of sulfonamides is 1. The summed E-state index contributed by atoms with van der Waals surface area (Å²) in [5, 5.41) is 1.77. The number of rotatable bonds is 7. The molecule has 0 bridgehead atoms. The average Bonchev–Trinajstić information content (AvgIpc) is 2.63. The minimum atomic E-state index is -3.66. The molecule has 26 heavy (non-hydrogen) atoms. The summed E-state index contributed by atoms with van der Waals surface area (Å²) in [6.07, 6.45) is 0.587. The van der Waals surface area contributed by atoms with Crippen molar-refractivity contribution in [2.45, 2.75) is 18.2 Å². The van der Waals surface area contributed by atoms with E-state index in [9.17, 15) is 8.42 Å². The van der Waals surface area contributed by atoms with E-state index in [-0.39, 0.29) is 4.90 Å². The predicted molar refractivity (Wildman–Crippen MR) is 105 cm³/mol. The van der Waals surface area contributed by atoms with Crippen LogP contribution in [0.4, 0.5) is 0 Å². The van der Waals surface area contributed by atoms with E-state index in [4.69, 9.17) is 16.3 Å². The van der Waals surface area contributed by atoms with Gasteiger partial charge in [0.2, 0.25) is 10.0 Å². The summed E-state index contributed by atoms with van der Waals surface area (Å²) >= 11 is 6.23. The highest BCUT2D eigenvalue weighted by atomic mass is 35.5. The van der Waals surface area contributed by atoms with Gasteiger partial charge in [0.25, 0.3) is 0 Å².